The molecule has 0 saturated heterocycles. The Morgan fingerprint density at radius 1 is 0.698 bits per heavy atom. The van der Waals surface area contributed by atoms with E-state index in [1.165, 1.54) is 57.8 Å². The molecule has 0 bridgehead atoms. The van der Waals surface area contributed by atoms with Gasteiger partial charge in [0.25, 0.3) is 11.8 Å². The molecule has 2 aliphatic heterocycles. The van der Waals surface area contributed by atoms with Crippen molar-refractivity contribution in [3.8, 4) is 11.1 Å². The molecule has 0 spiro atoms. The van der Waals surface area contributed by atoms with Crippen molar-refractivity contribution in [2.24, 2.45) is 20.0 Å². The molecule has 280 valence electrons. The van der Waals surface area contributed by atoms with Crippen LogP contribution in [0.1, 0.15) is 114 Å². The molecule has 2 N–H and O–H groups in total. The zero-order chi connectivity index (χ0) is 36.8. The van der Waals surface area contributed by atoms with Gasteiger partial charge in [-0.1, -0.05) is 62.1 Å². The number of carbonyl (C=O) groups excluding carboxylic acids is 2. The molecular weight excluding hydrogens is 684 g/mol. The fourth-order valence-corrected chi connectivity index (χ4v) is 9.71. The molecule has 53 heavy (non-hydrogen) atoms. The quantitative estimate of drug-likeness (QED) is 0.200. The lowest BCUT2D eigenvalue weighted by atomic mass is 9.86. The zero-order valence-electron chi connectivity index (χ0n) is 31.7. The number of hydrogen-bond donors (Lipinski definition) is 2. The molecule has 11 heteroatoms. The second kappa shape index (κ2) is 15.0. The number of nitrogens with one attached hydrogen (secondary N) is 2. The van der Waals surface area contributed by atoms with E-state index in [-0.39, 0.29) is 11.8 Å². The van der Waals surface area contributed by atoms with E-state index in [2.05, 4.69) is 27.4 Å². The molecule has 2 aromatic carbocycles. The summed E-state index contributed by atoms with van der Waals surface area (Å²) in [6, 6.07) is 12.7. The summed E-state index contributed by atoms with van der Waals surface area (Å²) in [6.45, 7) is 7.95. The Balaban J connectivity index is 0.967. The smallest absolute Gasteiger partial charge is 0.291 e. The van der Waals surface area contributed by atoms with E-state index in [4.69, 9.17) is 21.6 Å². The van der Waals surface area contributed by atoms with Crippen LogP contribution in [0, 0.1) is 12.8 Å². The van der Waals surface area contributed by atoms with Crippen molar-refractivity contribution in [2.45, 2.75) is 110 Å². The average molecular weight is 737 g/mol. The molecule has 2 aliphatic carbocycles. The van der Waals surface area contributed by atoms with Gasteiger partial charge < -0.3 is 19.8 Å². The third kappa shape index (κ3) is 7.06. The highest BCUT2D eigenvalue weighted by Crippen LogP contribution is 2.38. The number of nitrogens with zero attached hydrogens (tertiary/aromatic N) is 6. The highest BCUT2D eigenvalue weighted by atomic mass is 35.5. The maximum absolute atomic E-state index is 13.8. The van der Waals surface area contributed by atoms with Gasteiger partial charge in [-0.05, 0) is 74.6 Å². The first-order valence-electron chi connectivity index (χ1n) is 19.7. The molecule has 0 unspecified atom stereocenters. The number of fused-ring (bicyclic) bond motifs is 2. The van der Waals surface area contributed by atoms with Crippen LogP contribution in [0.4, 0.5) is 11.4 Å². The maximum atomic E-state index is 13.8. The maximum Gasteiger partial charge on any atom is 0.291 e. The minimum absolute atomic E-state index is 0.230. The van der Waals surface area contributed by atoms with Crippen molar-refractivity contribution in [3.05, 3.63) is 81.4 Å². The summed E-state index contributed by atoms with van der Waals surface area (Å²) in [5.41, 5.74) is 8.04. The predicted molar refractivity (Wildman–Crippen MR) is 210 cm³/mol. The van der Waals surface area contributed by atoms with Crippen LogP contribution in [0.2, 0.25) is 5.02 Å². The number of aromatic nitrogens is 4. The monoisotopic (exact) mass is 736 g/mol. The van der Waals surface area contributed by atoms with Crippen molar-refractivity contribution in [3.63, 3.8) is 0 Å². The first-order valence-corrected chi connectivity index (χ1v) is 20.1. The summed E-state index contributed by atoms with van der Waals surface area (Å²) in [4.78, 5) is 42.3. The van der Waals surface area contributed by atoms with Gasteiger partial charge >= 0.3 is 0 Å². The molecule has 4 aliphatic rings. The summed E-state index contributed by atoms with van der Waals surface area (Å²) in [6.07, 6.45) is 13.3. The van der Waals surface area contributed by atoms with Gasteiger partial charge in [0.05, 0.1) is 22.1 Å². The second-order valence-electron chi connectivity index (χ2n) is 16.0. The summed E-state index contributed by atoms with van der Waals surface area (Å²) < 4.78 is 3.92. The van der Waals surface area contributed by atoms with Crippen molar-refractivity contribution in [1.82, 2.24) is 28.9 Å². The molecular formula is C42H53ClN8O2. The van der Waals surface area contributed by atoms with Crippen LogP contribution in [0.3, 0.4) is 0 Å². The lowest BCUT2D eigenvalue weighted by molar-refractivity contribution is 0.100. The molecule has 2 fully saturated rings. The van der Waals surface area contributed by atoms with Crippen LogP contribution in [0.5, 0.6) is 0 Å². The highest BCUT2D eigenvalue weighted by molar-refractivity contribution is 6.36. The molecule has 4 aromatic rings. The lowest BCUT2D eigenvalue weighted by Crippen LogP contribution is -2.41. The highest BCUT2D eigenvalue weighted by Gasteiger charge is 2.32. The van der Waals surface area contributed by atoms with Gasteiger partial charge in [0.1, 0.15) is 0 Å². The molecule has 2 amide bonds. The van der Waals surface area contributed by atoms with Crippen LogP contribution in [-0.4, -0.2) is 65.9 Å². The standard InChI is InChI=1S/C42H53ClN8O2/c1-26-16-18-29(19-17-26)51-23-21-37-35(25-51)44-39(48(37)3)41(52)46-32-14-8-12-30(27(32)2)31-13-9-15-33(38(31)43)47-42(53)40-45-34-24-50(22-20-36(34)49(40)4)28-10-6-5-7-11-28/h8-9,12-15,26,28-29H,5-7,10-11,16-25H2,1-4H3,(H,46,52)(H,47,53). The van der Waals surface area contributed by atoms with Gasteiger partial charge in [-0.3, -0.25) is 19.4 Å². The molecule has 2 aromatic heterocycles. The summed E-state index contributed by atoms with van der Waals surface area (Å²) >= 11 is 7.05. The van der Waals surface area contributed by atoms with Gasteiger partial charge in [0, 0.05) is 87.8 Å². The number of rotatable bonds is 7. The lowest BCUT2D eigenvalue weighted by Gasteiger charge is -2.38. The largest absolute Gasteiger partial charge is 0.327 e. The SMILES string of the molecule is Cc1c(NC(=O)c2nc3c(n2C)CCN(C2CCC(C)CC2)C3)cccc1-c1cccc(NC(=O)c2nc3c(n2C)CCN(C2CCCCC2)C3)c1Cl. The van der Waals surface area contributed by atoms with Crippen molar-refractivity contribution in [2.75, 3.05) is 23.7 Å². The number of benzene rings is 2. The fourth-order valence-electron chi connectivity index (χ4n) is 9.44. The van der Waals surface area contributed by atoms with E-state index in [0.717, 1.165) is 84.4 Å². The van der Waals surface area contributed by atoms with E-state index in [9.17, 15) is 9.59 Å². The normalized spacial score (nSPS) is 21.2. The van der Waals surface area contributed by atoms with Crippen LogP contribution in [0.25, 0.3) is 11.1 Å². The minimum Gasteiger partial charge on any atom is -0.327 e. The van der Waals surface area contributed by atoms with E-state index in [0.29, 0.717) is 40.1 Å². The van der Waals surface area contributed by atoms with E-state index in [1.807, 2.05) is 66.6 Å². The summed E-state index contributed by atoms with van der Waals surface area (Å²) in [5.74, 6) is 1.14. The van der Waals surface area contributed by atoms with Gasteiger partial charge in [0.2, 0.25) is 0 Å². The fraction of sp³-hybridized carbons (Fsp3) is 0.524. The van der Waals surface area contributed by atoms with Gasteiger partial charge in [-0.25, -0.2) is 9.97 Å². The Morgan fingerprint density at radius 2 is 1.21 bits per heavy atom. The molecule has 0 atom stereocenters. The number of imidazole rings is 2. The Bertz CT molecular complexity index is 2020. The third-order valence-corrected chi connectivity index (χ3v) is 13.1. The van der Waals surface area contributed by atoms with Crippen LogP contribution < -0.4 is 10.6 Å². The van der Waals surface area contributed by atoms with Gasteiger partial charge in [-0.15, -0.1) is 0 Å². The molecule has 10 nitrogen and oxygen atoms in total. The first kappa shape index (κ1) is 36.0. The number of amides is 2. The topological polar surface area (TPSA) is 100 Å². The number of anilines is 2. The van der Waals surface area contributed by atoms with Crippen LogP contribution in [-0.2, 0) is 40.0 Å². The Kier molecular flexibility index (Phi) is 10.2. The summed E-state index contributed by atoms with van der Waals surface area (Å²) in [7, 11) is 3.89. The number of hydrogen-bond acceptors (Lipinski definition) is 6. The van der Waals surface area contributed by atoms with Crippen LogP contribution >= 0.6 is 11.6 Å². The zero-order valence-corrected chi connectivity index (χ0v) is 32.4. The van der Waals surface area contributed by atoms with Gasteiger partial charge in [-0.2, -0.15) is 0 Å². The Labute approximate surface area is 318 Å². The number of carbonyl (C=O) groups is 2. The van der Waals surface area contributed by atoms with Crippen LogP contribution in [0.15, 0.2) is 36.4 Å². The second-order valence-corrected chi connectivity index (χ2v) is 16.4. The Morgan fingerprint density at radius 3 is 1.79 bits per heavy atom. The van der Waals surface area contributed by atoms with E-state index >= 15 is 0 Å². The van der Waals surface area contributed by atoms with Crippen molar-refractivity contribution in [1.29, 1.82) is 0 Å². The summed E-state index contributed by atoms with van der Waals surface area (Å²) in [5, 5.41) is 6.63. The molecule has 0 radical (unpaired) electrons. The number of halogens is 1. The minimum atomic E-state index is -0.280. The van der Waals surface area contributed by atoms with E-state index < -0.39 is 0 Å². The van der Waals surface area contributed by atoms with Crippen molar-refractivity contribution < 1.29 is 9.59 Å². The Hall–Kier alpha value is -3.99. The molecule has 4 heterocycles. The van der Waals surface area contributed by atoms with Crippen molar-refractivity contribution >= 4 is 34.8 Å². The van der Waals surface area contributed by atoms with Gasteiger partial charge in [0.15, 0.2) is 11.6 Å². The average Bonchev–Trinajstić information content (AvgIpc) is 3.69. The molecule has 2 saturated carbocycles. The molecule has 8 rings (SSSR count). The first-order chi connectivity index (χ1) is 25.7. The van der Waals surface area contributed by atoms with E-state index in [1.54, 1.807) is 0 Å². The predicted octanol–water partition coefficient (Wildman–Crippen LogP) is 7.91. The third-order valence-electron chi connectivity index (χ3n) is 12.7.